The number of anilines is 3. The minimum Gasteiger partial charge on any atom is -0.340 e. The number of nitrogens with one attached hydrogen (secondary N) is 2. The van der Waals surface area contributed by atoms with E-state index in [0.717, 1.165) is 23.4 Å². The summed E-state index contributed by atoms with van der Waals surface area (Å²) in [5, 5.41) is 3.19. The Morgan fingerprint density at radius 1 is 0.806 bits per heavy atom. The maximum absolute atomic E-state index is 13.1. The lowest BCUT2D eigenvalue weighted by atomic mass is 10.1. The van der Waals surface area contributed by atoms with E-state index in [1.54, 1.807) is 24.3 Å². The van der Waals surface area contributed by atoms with Crippen LogP contribution in [0.25, 0.3) is 11.3 Å². The summed E-state index contributed by atoms with van der Waals surface area (Å²) in [4.78, 5) is 8.88. The number of halogens is 1. The number of aromatic nitrogens is 2. The summed E-state index contributed by atoms with van der Waals surface area (Å²) in [6.45, 7) is 1.81. The maximum atomic E-state index is 13.1. The smallest absolute Gasteiger partial charge is 0.261 e. The molecule has 0 spiro atoms. The highest BCUT2D eigenvalue weighted by Gasteiger charge is 2.14. The van der Waals surface area contributed by atoms with Crippen LogP contribution in [0.1, 0.15) is 5.82 Å². The first-order valence-corrected chi connectivity index (χ1v) is 10.9. The van der Waals surface area contributed by atoms with E-state index in [1.807, 2.05) is 43.3 Å². The monoisotopic (exact) mass is 434 g/mol. The van der Waals surface area contributed by atoms with Crippen molar-refractivity contribution in [2.24, 2.45) is 0 Å². The number of rotatable bonds is 6. The van der Waals surface area contributed by atoms with Gasteiger partial charge in [-0.15, -0.1) is 0 Å². The number of sulfonamides is 1. The molecule has 0 saturated carbocycles. The summed E-state index contributed by atoms with van der Waals surface area (Å²) in [7, 11) is -3.84. The van der Waals surface area contributed by atoms with Crippen molar-refractivity contribution in [3.8, 4) is 11.3 Å². The van der Waals surface area contributed by atoms with Gasteiger partial charge in [0.25, 0.3) is 10.0 Å². The molecule has 0 aliphatic heterocycles. The van der Waals surface area contributed by atoms with E-state index in [1.165, 1.54) is 12.1 Å². The molecular formula is C23H19FN4O2S. The van der Waals surface area contributed by atoms with Crippen LogP contribution >= 0.6 is 0 Å². The summed E-state index contributed by atoms with van der Waals surface area (Å²) in [5.74, 6) is 0.696. The number of benzene rings is 3. The van der Waals surface area contributed by atoms with Crippen LogP contribution < -0.4 is 10.0 Å². The van der Waals surface area contributed by atoms with Crippen molar-refractivity contribution in [2.75, 3.05) is 10.0 Å². The van der Waals surface area contributed by atoms with Crippen molar-refractivity contribution >= 4 is 27.2 Å². The normalized spacial score (nSPS) is 11.2. The van der Waals surface area contributed by atoms with Crippen molar-refractivity contribution in [1.82, 2.24) is 9.97 Å². The molecular weight excluding hydrogens is 415 g/mol. The molecule has 0 fully saturated rings. The fourth-order valence-electron chi connectivity index (χ4n) is 3.02. The molecule has 31 heavy (non-hydrogen) atoms. The van der Waals surface area contributed by atoms with Crippen LogP contribution in [0.15, 0.2) is 89.8 Å². The van der Waals surface area contributed by atoms with Gasteiger partial charge < -0.3 is 5.32 Å². The van der Waals surface area contributed by atoms with Crippen molar-refractivity contribution in [1.29, 1.82) is 0 Å². The lowest BCUT2D eigenvalue weighted by Crippen LogP contribution is -2.13. The Labute approximate surface area is 179 Å². The van der Waals surface area contributed by atoms with Gasteiger partial charge in [-0.1, -0.05) is 36.4 Å². The molecule has 4 rings (SSSR count). The van der Waals surface area contributed by atoms with Gasteiger partial charge in [-0.3, -0.25) is 4.72 Å². The van der Waals surface area contributed by atoms with Crippen molar-refractivity contribution in [2.45, 2.75) is 11.8 Å². The zero-order chi connectivity index (χ0) is 21.8. The van der Waals surface area contributed by atoms with Crippen LogP contribution in [0.4, 0.5) is 21.6 Å². The quantitative estimate of drug-likeness (QED) is 0.439. The molecule has 0 amide bonds. The largest absolute Gasteiger partial charge is 0.340 e. The Morgan fingerprint density at radius 3 is 2.26 bits per heavy atom. The summed E-state index contributed by atoms with van der Waals surface area (Å²) in [5.41, 5.74) is 2.76. The highest BCUT2D eigenvalue weighted by atomic mass is 32.2. The predicted octanol–water partition coefficient (Wildman–Crippen LogP) is 5.14. The lowest BCUT2D eigenvalue weighted by Gasteiger charge is -2.12. The molecule has 0 bridgehead atoms. The number of hydrogen-bond acceptors (Lipinski definition) is 5. The Bertz CT molecular complexity index is 1310. The summed E-state index contributed by atoms with van der Waals surface area (Å²) >= 11 is 0. The standard InChI is InChI=1S/C23H19FN4O2S/c1-16-25-22(17-6-3-2-4-7-17)15-23(26-16)27-19-8-5-9-20(14-19)28-31(29,30)21-12-10-18(24)11-13-21/h2-15,28H,1H3,(H,25,26,27). The van der Waals surface area contributed by atoms with Crippen LogP contribution in [-0.4, -0.2) is 18.4 Å². The molecule has 2 N–H and O–H groups in total. The van der Waals surface area contributed by atoms with E-state index in [0.29, 0.717) is 23.0 Å². The van der Waals surface area contributed by atoms with Crippen LogP contribution in [0.2, 0.25) is 0 Å². The van der Waals surface area contributed by atoms with Crippen molar-refractivity contribution in [3.63, 3.8) is 0 Å². The molecule has 0 atom stereocenters. The van der Waals surface area contributed by atoms with Gasteiger partial charge in [0.1, 0.15) is 17.5 Å². The summed E-state index contributed by atoms with van der Waals surface area (Å²) < 4.78 is 40.7. The van der Waals surface area contributed by atoms with Gasteiger partial charge >= 0.3 is 0 Å². The molecule has 156 valence electrons. The Balaban J connectivity index is 1.57. The van der Waals surface area contributed by atoms with Gasteiger partial charge in [-0.05, 0) is 49.4 Å². The van der Waals surface area contributed by atoms with E-state index >= 15 is 0 Å². The fourth-order valence-corrected chi connectivity index (χ4v) is 4.07. The maximum Gasteiger partial charge on any atom is 0.261 e. The van der Waals surface area contributed by atoms with Gasteiger partial charge in [0, 0.05) is 17.3 Å². The Morgan fingerprint density at radius 2 is 1.52 bits per heavy atom. The number of aryl methyl sites for hydroxylation is 1. The molecule has 0 aliphatic carbocycles. The molecule has 6 nitrogen and oxygen atoms in total. The third-order valence-electron chi connectivity index (χ3n) is 4.42. The second-order valence-electron chi connectivity index (χ2n) is 6.82. The SMILES string of the molecule is Cc1nc(Nc2cccc(NS(=O)(=O)c3ccc(F)cc3)c2)cc(-c2ccccc2)n1. The van der Waals surface area contributed by atoms with E-state index in [2.05, 4.69) is 20.0 Å². The zero-order valence-corrected chi connectivity index (χ0v) is 17.4. The fraction of sp³-hybridized carbons (Fsp3) is 0.0435. The molecule has 0 saturated heterocycles. The average Bonchev–Trinajstić information content (AvgIpc) is 2.74. The number of hydrogen-bond donors (Lipinski definition) is 2. The molecule has 1 aromatic heterocycles. The van der Waals surface area contributed by atoms with E-state index in [9.17, 15) is 12.8 Å². The average molecular weight is 434 g/mol. The molecule has 4 aromatic rings. The van der Waals surface area contributed by atoms with Gasteiger partial charge in [-0.25, -0.2) is 22.8 Å². The molecule has 3 aromatic carbocycles. The predicted molar refractivity (Wildman–Crippen MR) is 119 cm³/mol. The molecule has 0 aliphatic rings. The zero-order valence-electron chi connectivity index (χ0n) is 16.6. The third kappa shape index (κ3) is 5.04. The Kier molecular flexibility index (Phi) is 5.64. The van der Waals surface area contributed by atoms with Crippen LogP contribution in [0, 0.1) is 12.7 Å². The van der Waals surface area contributed by atoms with Crippen LogP contribution in [0.5, 0.6) is 0 Å². The first-order valence-electron chi connectivity index (χ1n) is 9.46. The number of nitrogens with zero attached hydrogens (tertiary/aromatic N) is 2. The van der Waals surface area contributed by atoms with E-state index in [4.69, 9.17) is 0 Å². The summed E-state index contributed by atoms with van der Waals surface area (Å²) in [6.07, 6.45) is 0. The Hall–Kier alpha value is -3.78. The van der Waals surface area contributed by atoms with Crippen molar-refractivity contribution < 1.29 is 12.8 Å². The molecule has 0 radical (unpaired) electrons. The van der Waals surface area contributed by atoms with Gasteiger partial charge in [-0.2, -0.15) is 0 Å². The van der Waals surface area contributed by atoms with Crippen LogP contribution in [0.3, 0.4) is 0 Å². The lowest BCUT2D eigenvalue weighted by molar-refractivity contribution is 0.599. The third-order valence-corrected chi connectivity index (χ3v) is 5.82. The first-order chi connectivity index (χ1) is 14.9. The topological polar surface area (TPSA) is 84.0 Å². The van der Waals surface area contributed by atoms with E-state index in [-0.39, 0.29) is 4.90 Å². The highest BCUT2D eigenvalue weighted by molar-refractivity contribution is 7.92. The highest BCUT2D eigenvalue weighted by Crippen LogP contribution is 2.24. The molecule has 8 heteroatoms. The van der Waals surface area contributed by atoms with Gasteiger partial charge in [0.05, 0.1) is 16.3 Å². The van der Waals surface area contributed by atoms with Gasteiger partial charge in [0.2, 0.25) is 0 Å². The van der Waals surface area contributed by atoms with Crippen LogP contribution in [-0.2, 0) is 10.0 Å². The van der Waals surface area contributed by atoms with Crippen molar-refractivity contribution in [3.05, 3.63) is 96.6 Å². The summed E-state index contributed by atoms with van der Waals surface area (Å²) in [6, 6.07) is 23.0. The minimum absolute atomic E-state index is 0.0220. The first kappa shape index (κ1) is 20.5. The second-order valence-corrected chi connectivity index (χ2v) is 8.50. The van der Waals surface area contributed by atoms with E-state index < -0.39 is 15.8 Å². The molecule has 0 unspecified atom stereocenters. The second kappa shape index (κ2) is 8.53. The minimum atomic E-state index is -3.84. The van der Waals surface area contributed by atoms with Gasteiger partial charge in [0.15, 0.2) is 0 Å². The molecule has 1 heterocycles.